The second-order valence-corrected chi connectivity index (χ2v) is 4.92. The highest BCUT2D eigenvalue weighted by atomic mass is 127. The Morgan fingerprint density at radius 2 is 1.83 bits per heavy atom. The van der Waals surface area contributed by atoms with Gasteiger partial charge in [0, 0.05) is 6.07 Å². The number of hydrogen-bond donors (Lipinski definition) is 1. The van der Waals surface area contributed by atoms with Gasteiger partial charge in [-0.15, -0.1) is 0 Å². The molecule has 0 unspecified atom stereocenters. The molecule has 2 rings (SSSR count). The van der Waals surface area contributed by atoms with Crippen LogP contribution in [0.1, 0.15) is 5.56 Å². The molecule has 0 aliphatic heterocycles. The Bertz CT molecular complexity index is 532. The van der Waals surface area contributed by atoms with Crippen molar-refractivity contribution in [1.82, 2.24) is 9.78 Å². The molecule has 6 heteroatoms. The number of benzene rings is 1. The van der Waals surface area contributed by atoms with Crippen molar-refractivity contribution in [2.75, 3.05) is 20.0 Å². The van der Waals surface area contributed by atoms with Crippen LogP contribution in [0.25, 0.3) is 0 Å². The van der Waals surface area contributed by atoms with Gasteiger partial charge in [-0.1, -0.05) is 0 Å². The fourth-order valence-corrected chi connectivity index (χ4v) is 2.03. The number of nitrogens with two attached hydrogens (primary N) is 1. The smallest absolute Gasteiger partial charge is 0.135 e. The molecule has 0 radical (unpaired) electrons. The number of halogens is 1. The molecule has 0 aliphatic carbocycles. The summed E-state index contributed by atoms with van der Waals surface area (Å²) in [4.78, 5) is 0. The minimum Gasteiger partial charge on any atom is -0.497 e. The van der Waals surface area contributed by atoms with Gasteiger partial charge in [-0.2, -0.15) is 5.10 Å². The maximum Gasteiger partial charge on any atom is 0.135 e. The molecule has 5 nitrogen and oxygen atoms in total. The average molecular weight is 359 g/mol. The highest BCUT2D eigenvalue weighted by Gasteiger charge is 2.07. The molecule has 2 aromatic rings. The van der Waals surface area contributed by atoms with E-state index in [1.807, 2.05) is 18.2 Å². The van der Waals surface area contributed by atoms with E-state index in [0.29, 0.717) is 12.4 Å². The number of anilines is 1. The Balaban J connectivity index is 2.31. The third kappa shape index (κ3) is 2.69. The van der Waals surface area contributed by atoms with E-state index in [9.17, 15) is 0 Å². The molecule has 0 amide bonds. The lowest BCUT2D eigenvalue weighted by Crippen LogP contribution is -2.06. The van der Waals surface area contributed by atoms with Crippen LogP contribution in [0, 0.1) is 3.57 Å². The van der Waals surface area contributed by atoms with E-state index in [1.54, 1.807) is 25.1 Å². The molecule has 1 heterocycles. The zero-order valence-electron chi connectivity index (χ0n) is 10.2. The van der Waals surface area contributed by atoms with Crippen molar-refractivity contribution in [3.05, 3.63) is 33.5 Å². The van der Waals surface area contributed by atoms with Crippen LogP contribution in [0.3, 0.4) is 0 Å². The molecule has 0 aliphatic rings. The molecule has 1 aromatic carbocycles. The van der Waals surface area contributed by atoms with E-state index in [0.717, 1.165) is 20.6 Å². The van der Waals surface area contributed by atoms with Crippen LogP contribution in [-0.2, 0) is 6.54 Å². The van der Waals surface area contributed by atoms with Crippen LogP contribution in [0.4, 0.5) is 5.82 Å². The molecular formula is C12H14IN3O2. The van der Waals surface area contributed by atoms with E-state index in [-0.39, 0.29) is 0 Å². The first-order valence-electron chi connectivity index (χ1n) is 5.32. The number of nitrogen functional groups attached to an aromatic ring is 1. The lowest BCUT2D eigenvalue weighted by Gasteiger charge is -2.09. The molecule has 0 spiro atoms. The van der Waals surface area contributed by atoms with Gasteiger partial charge in [0.05, 0.1) is 30.5 Å². The minimum atomic E-state index is 0.586. The van der Waals surface area contributed by atoms with E-state index >= 15 is 0 Å². The summed E-state index contributed by atoms with van der Waals surface area (Å²) in [6.07, 6.45) is 1.74. The number of rotatable bonds is 4. The van der Waals surface area contributed by atoms with Crippen molar-refractivity contribution in [1.29, 1.82) is 0 Å². The highest BCUT2D eigenvalue weighted by Crippen LogP contribution is 2.24. The molecule has 0 saturated carbocycles. The van der Waals surface area contributed by atoms with E-state index in [1.165, 1.54) is 0 Å². The summed E-state index contributed by atoms with van der Waals surface area (Å²) in [5, 5.41) is 4.22. The standard InChI is InChI=1S/C12H14IN3O2/c1-17-9-3-8(4-10(5-9)18-2)7-16-12(14)11(13)6-15-16/h3-6H,7,14H2,1-2H3. The third-order valence-corrected chi connectivity index (χ3v) is 3.41. The van der Waals surface area contributed by atoms with Crippen LogP contribution in [-0.4, -0.2) is 24.0 Å². The van der Waals surface area contributed by atoms with Gasteiger partial charge in [0.25, 0.3) is 0 Å². The predicted octanol–water partition coefficient (Wildman–Crippen LogP) is 2.14. The van der Waals surface area contributed by atoms with Gasteiger partial charge in [-0.3, -0.25) is 0 Å². The van der Waals surface area contributed by atoms with Crippen LogP contribution < -0.4 is 15.2 Å². The third-order valence-electron chi connectivity index (χ3n) is 2.58. The SMILES string of the molecule is COc1cc(Cn2ncc(I)c2N)cc(OC)c1. The van der Waals surface area contributed by atoms with Gasteiger partial charge < -0.3 is 15.2 Å². The number of ether oxygens (including phenoxy) is 2. The maximum absolute atomic E-state index is 5.92. The number of nitrogens with zero attached hydrogens (tertiary/aromatic N) is 2. The quantitative estimate of drug-likeness (QED) is 0.850. The molecule has 96 valence electrons. The lowest BCUT2D eigenvalue weighted by atomic mass is 10.2. The van der Waals surface area contributed by atoms with E-state index in [4.69, 9.17) is 15.2 Å². The van der Waals surface area contributed by atoms with Crippen LogP contribution >= 0.6 is 22.6 Å². The minimum absolute atomic E-state index is 0.586. The summed E-state index contributed by atoms with van der Waals surface area (Å²) < 4.78 is 13.1. The van der Waals surface area contributed by atoms with Gasteiger partial charge in [0.2, 0.25) is 0 Å². The molecule has 2 N–H and O–H groups in total. The fraction of sp³-hybridized carbons (Fsp3) is 0.250. The highest BCUT2D eigenvalue weighted by molar-refractivity contribution is 14.1. The van der Waals surface area contributed by atoms with Crippen molar-refractivity contribution >= 4 is 28.4 Å². The van der Waals surface area contributed by atoms with E-state index in [2.05, 4.69) is 27.7 Å². The molecule has 0 atom stereocenters. The van der Waals surface area contributed by atoms with Crippen molar-refractivity contribution in [2.45, 2.75) is 6.54 Å². The van der Waals surface area contributed by atoms with Crippen molar-refractivity contribution in [2.24, 2.45) is 0 Å². The number of hydrogen-bond acceptors (Lipinski definition) is 4. The predicted molar refractivity (Wildman–Crippen MR) is 78.0 cm³/mol. The van der Waals surface area contributed by atoms with Crippen molar-refractivity contribution in [3.63, 3.8) is 0 Å². The summed E-state index contributed by atoms with van der Waals surface area (Å²) in [6, 6.07) is 5.71. The Labute approximate surface area is 119 Å². The number of aromatic nitrogens is 2. The molecule has 1 aromatic heterocycles. The van der Waals surface area contributed by atoms with Crippen LogP contribution in [0.15, 0.2) is 24.4 Å². The Morgan fingerprint density at radius 3 is 2.28 bits per heavy atom. The van der Waals surface area contributed by atoms with E-state index < -0.39 is 0 Å². The monoisotopic (exact) mass is 359 g/mol. The first-order valence-corrected chi connectivity index (χ1v) is 6.40. The molecule has 0 fully saturated rings. The van der Waals surface area contributed by atoms with Gasteiger partial charge in [0.1, 0.15) is 17.3 Å². The first-order chi connectivity index (χ1) is 8.63. The second kappa shape index (κ2) is 5.47. The van der Waals surface area contributed by atoms with Gasteiger partial charge in [-0.05, 0) is 40.3 Å². The molecule has 0 saturated heterocycles. The average Bonchev–Trinajstić information content (AvgIpc) is 2.70. The van der Waals surface area contributed by atoms with Crippen LogP contribution in [0.5, 0.6) is 11.5 Å². The summed E-state index contributed by atoms with van der Waals surface area (Å²) in [7, 11) is 3.26. The summed E-state index contributed by atoms with van der Waals surface area (Å²) >= 11 is 2.16. The van der Waals surface area contributed by atoms with Gasteiger partial charge in [0.15, 0.2) is 0 Å². The fourth-order valence-electron chi connectivity index (χ4n) is 1.63. The van der Waals surface area contributed by atoms with Crippen molar-refractivity contribution < 1.29 is 9.47 Å². The van der Waals surface area contributed by atoms with Gasteiger partial charge in [-0.25, -0.2) is 4.68 Å². The first kappa shape index (κ1) is 13.0. The van der Waals surface area contributed by atoms with Gasteiger partial charge >= 0.3 is 0 Å². The molecule has 18 heavy (non-hydrogen) atoms. The Kier molecular flexibility index (Phi) is 3.95. The largest absolute Gasteiger partial charge is 0.497 e. The van der Waals surface area contributed by atoms with Crippen LogP contribution in [0.2, 0.25) is 0 Å². The molecular weight excluding hydrogens is 345 g/mol. The Hall–Kier alpha value is -1.44. The zero-order chi connectivity index (χ0) is 13.1. The number of methoxy groups -OCH3 is 2. The lowest BCUT2D eigenvalue weighted by molar-refractivity contribution is 0.393. The molecule has 0 bridgehead atoms. The zero-order valence-corrected chi connectivity index (χ0v) is 12.3. The summed E-state index contributed by atoms with van der Waals surface area (Å²) in [5.74, 6) is 2.17. The van der Waals surface area contributed by atoms with Crippen molar-refractivity contribution in [3.8, 4) is 11.5 Å². The summed E-state index contributed by atoms with van der Waals surface area (Å²) in [6.45, 7) is 0.586. The second-order valence-electron chi connectivity index (χ2n) is 3.76. The normalized spacial score (nSPS) is 10.4. The Morgan fingerprint density at radius 1 is 1.22 bits per heavy atom. The summed E-state index contributed by atoms with van der Waals surface area (Å²) in [5.41, 5.74) is 6.95. The maximum atomic E-state index is 5.92. The topological polar surface area (TPSA) is 62.3 Å².